The molecular formula is C54H67F3N6O9S. The number of amides is 3. The smallest absolute Gasteiger partial charge is 0.302 e. The Morgan fingerprint density at radius 1 is 0.918 bits per heavy atom. The van der Waals surface area contributed by atoms with E-state index in [0.717, 1.165) is 50.3 Å². The van der Waals surface area contributed by atoms with Crippen molar-refractivity contribution in [3.63, 3.8) is 0 Å². The minimum atomic E-state index is -1.62. The first-order valence-corrected chi connectivity index (χ1v) is 25.5. The largest absolute Gasteiger partial charge is 0.491 e. The predicted molar refractivity (Wildman–Crippen MR) is 271 cm³/mol. The van der Waals surface area contributed by atoms with E-state index in [0.29, 0.717) is 12.1 Å². The molecule has 4 heterocycles. The minimum absolute atomic E-state index is 0.00572. The Morgan fingerprint density at radius 3 is 2.21 bits per heavy atom. The third kappa shape index (κ3) is 14.1. The molecule has 1 fully saturated rings. The molecule has 0 radical (unpaired) electrons. The fraction of sp³-hybridized carbons (Fsp3) is 0.500. The van der Waals surface area contributed by atoms with Gasteiger partial charge >= 0.3 is 5.97 Å². The number of likely N-dealkylation sites (tertiary alicyclic amines) is 1. The molecule has 0 bridgehead atoms. The SMILES string of the molecule is CC(=O)O[C@@H]1C[C@@H](C(=O)NCc2ccc(-c3scnc3C)cc2)N(C(=O)[C@@H](NC(=O)COCCOCCOCCOc2cc(F)c([C@@H]3c4[nH]c5ccccc5c4C[C@@H](C)N3CC(C)(C)F)c(F)c2)C(C)(C)C)C1. The summed E-state index contributed by atoms with van der Waals surface area (Å²) in [6.45, 7) is 14.0. The Labute approximate surface area is 428 Å². The minimum Gasteiger partial charge on any atom is -0.491 e. The van der Waals surface area contributed by atoms with Gasteiger partial charge in [-0.15, -0.1) is 11.3 Å². The molecule has 2 aromatic heterocycles. The number of alkyl halides is 1. The molecule has 394 valence electrons. The molecule has 0 aliphatic carbocycles. The molecule has 0 unspecified atom stereocenters. The maximum Gasteiger partial charge on any atom is 0.302 e. The second kappa shape index (κ2) is 24.0. The number of halogens is 3. The fourth-order valence-corrected chi connectivity index (χ4v) is 10.3. The maximum absolute atomic E-state index is 16.0. The number of nitrogens with one attached hydrogen (secondary N) is 3. The van der Waals surface area contributed by atoms with Gasteiger partial charge in [-0.3, -0.25) is 24.1 Å². The number of nitrogens with zero attached hydrogens (tertiary/aromatic N) is 3. The van der Waals surface area contributed by atoms with Crippen molar-refractivity contribution in [1.29, 1.82) is 0 Å². The summed E-state index contributed by atoms with van der Waals surface area (Å²) in [5, 5.41) is 6.69. The number of carbonyl (C=O) groups is 4. The number of benzene rings is 3. The molecule has 5 atom stereocenters. The summed E-state index contributed by atoms with van der Waals surface area (Å²) in [4.78, 5) is 64.9. The van der Waals surface area contributed by atoms with E-state index < -0.39 is 70.6 Å². The monoisotopic (exact) mass is 1030 g/mol. The van der Waals surface area contributed by atoms with Crippen molar-refractivity contribution in [2.24, 2.45) is 5.41 Å². The van der Waals surface area contributed by atoms with E-state index in [9.17, 15) is 19.2 Å². The molecule has 1 saturated heterocycles. The third-order valence-corrected chi connectivity index (χ3v) is 13.9. The van der Waals surface area contributed by atoms with Crippen molar-refractivity contribution in [3.8, 4) is 16.2 Å². The third-order valence-electron chi connectivity index (χ3n) is 12.9. The molecule has 2 aliphatic rings. The van der Waals surface area contributed by atoms with Gasteiger partial charge in [-0.1, -0.05) is 63.2 Å². The number of para-hydroxylation sites is 1. The van der Waals surface area contributed by atoms with Gasteiger partial charge in [0.2, 0.25) is 17.7 Å². The zero-order valence-corrected chi connectivity index (χ0v) is 43.6. The second-order valence-corrected chi connectivity index (χ2v) is 21.2. The summed E-state index contributed by atoms with van der Waals surface area (Å²) in [5.74, 6) is -3.60. The predicted octanol–water partition coefficient (Wildman–Crippen LogP) is 7.77. The number of ether oxygens (including phenoxy) is 5. The number of hydrogen-bond acceptors (Lipinski definition) is 12. The van der Waals surface area contributed by atoms with Crippen molar-refractivity contribution in [3.05, 3.63) is 106 Å². The van der Waals surface area contributed by atoms with Gasteiger partial charge in [-0.25, -0.2) is 18.2 Å². The number of aryl methyl sites for hydroxylation is 1. The topological polar surface area (TPSA) is 174 Å². The summed E-state index contributed by atoms with van der Waals surface area (Å²) in [5.41, 5.74) is 4.50. The Bertz CT molecular complexity index is 2700. The summed E-state index contributed by atoms with van der Waals surface area (Å²) in [6, 6.07) is 14.7. The van der Waals surface area contributed by atoms with Gasteiger partial charge in [0.1, 0.15) is 54.5 Å². The van der Waals surface area contributed by atoms with Crippen LogP contribution in [-0.2, 0) is 51.1 Å². The van der Waals surface area contributed by atoms with Crippen LogP contribution in [0.5, 0.6) is 5.75 Å². The van der Waals surface area contributed by atoms with E-state index in [2.05, 4.69) is 20.6 Å². The molecule has 0 spiro atoms. The highest BCUT2D eigenvalue weighted by Crippen LogP contribution is 2.44. The van der Waals surface area contributed by atoms with Crippen LogP contribution in [0.15, 0.2) is 66.2 Å². The Balaban J connectivity index is 0.828. The lowest BCUT2D eigenvalue weighted by atomic mass is 9.85. The molecule has 3 N–H and O–H groups in total. The van der Waals surface area contributed by atoms with Gasteiger partial charge in [0.25, 0.3) is 0 Å². The highest BCUT2D eigenvalue weighted by Gasteiger charge is 2.46. The molecule has 3 amide bonds. The van der Waals surface area contributed by atoms with E-state index in [4.69, 9.17) is 23.7 Å². The number of esters is 1. The van der Waals surface area contributed by atoms with Crippen molar-refractivity contribution in [2.75, 3.05) is 59.3 Å². The number of carbonyl (C=O) groups excluding carboxylic acids is 4. The van der Waals surface area contributed by atoms with Crippen LogP contribution < -0.4 is 15.4 Å². The number of fused-ring (bicyclic) bond motifs is 3. The molecule has 15 nitrogen and oxygen atoms in total. The molecule has 5 aromatic rings. The Kier molecular flexibility index (Phi) is 18.0. The van der Waals surface area contributed by atoms with Crippen LogP contribution in [0.3, 0.4) is 0 Å². The van der Waals surface area contributed by atoms with Crippen LogP contribution in [0.25, 0.3) is 21.3 Å². The summed E-state index contributed by atoms with van der Waals surface area (Å²) < 4.78 is 75.0. The highest BCUT2D eigenvalue weighted by molar-refractivity contribution is 7.13. The van der Waals surface area contributed by atoms with Crippen LogP contribution in [0.2, 0.25) is 0 Å². The number of aromatic amines is 1. The Hall–Kier alpha value is -5.86. The molecule has 19 heteroatoms. The molecule has 0 saturated carbocycles. The van der Waals surface area contributed by atoms with Gasteiger partial charge in [0.15, 0.2) is 0 Å². The van der Waals surface area contributed by atoms with Crippen molar-refractivity contribution >= 4 is 45.9 Å². The van der Waals surface area contributed by atoms with E-state index in [1.807, 2.05) is 67.3 Å². The zero-order valence-electron chi connectivity index (χ0n) is 42.8. The number of aromatic nitrogens is 2. The van der Waals surface area contributed by atoms with Crippen LogP contribution >= 0.6 is 11.3 Å². The van der Waals surface area contributed by atoms with Crippen molar-refractivity contribution in [2.45, 2.75) is 111 Å². The first-order chi connectivity index (χ1) is 34.7. The average Bonchev–Trinajstić information content (AvgIpc) is 4.05. The lowest BCUT2D eigenvalue weighted by molar-refractivity contribution is -0.147. The maximum atomic E-state index is 16.0. The molecule has 73 heavy (non-hydrogen) atoms. The fourth-order valence-electron chi connectivity index (χ4n) is 9.51. The standard InChI is InChI=1S/C54H67F3N6O9S/c1-32-23-40-39-11-9-10-12-43(39)60-47(40)48(63(32)30-54(7,8)57)46-41(55)24-37(25-42(46)56)71-22-21-69-18-17-68-19-20-70-29-45(65)61-50(53(4,5)6)52(67)62-28-38(72-34(3)64)26-44(62)51(66)58-27-35-13-15-36(16-14-35)49-33(2)59-31-73-49/h9-16,24-25,31-32,38,44,48,50,60H,17-23,26-30H2,1-8H3,(H,58,66)(H,61,65)/t32-,38-,44+,48-,50-/m1/s1. The normalized spacial score (nSPS) is 18.6. The van der Waals surface area contributed by atoms with E-state index in [-0.39, 0.29) is 89.7 Å². The van der Waals surface area contributed by atoms with Crippen molar-refractivity contribution < 1.29 is 56.0 Å². The van der Waals surface area contributed by atoms with Gasteiger partial charge in [-0.05, 0) is 62.3 Å². The summed E-state index contributed by atoms with van der Waals surface area (Å²) in [7, 11) is 0. The molecule has 7 rings (SSSR count). The number of rotatable bonds is 22. The molecule has 2 aliphatic heterocycles. The molecule has 3 aromatic carbocycles. The summed E-state index contributed by atoms with van der Waals surface area (Å²) in [6.07, 6.45) is -0.0111. The number of thiazole rings is 1. The highest BCUT2D eigenvalue weighted by atomic mass is 32.1. The van der Waals surface area contributed by atoms with Gasteiger partial charge in [0, 0.05) is 66.8 Å². The van der Waals surface area contributed by atoms with Crippen molar-refractivity contribution in [1.82, 2.24) is 30.4 Å². The summed E-state index contributed by atoms with van der Waals surface area (Å²) >= 11 is 1.55. The van der Waals surface area contributed by atoms with Gasteiger partial charge in [0.05, 0.1) is 61.7 Å². The number of H-pyrrole nitrogens is 1. The lowest BCUT2D eigenvalue weighted by Gasteiger charge is -2.43. The number of hydrogen-bond donors (Lipinski definition) is 3. The van der Waals surface area contributed by atoms with E-state index >= 15 is 13.2 Å². The second-order valence-electron chi connectivity index (χ2n) is 20.4. The quantitative estimate of drug-likeness (QED) is 0.0457. The Morgan fingerprint density at radius 2 is 1.58 bits per heavy atom. The van der Waals surface area contributed by atoms with E-state index in [1.54, 1.807) is 37.6 Å². The van der Waals surface area contributed by atoms with Crippen LogP contribution in [0.1, 0.15) is 89.0 Å². The van der Waals surface area contributed by atoms with Gasteiger partial charge in [-0.2, -0.15) is 0 Å². The molecular weight excluding hydrogens is 966 g/mol. The van der Waals surface area contributed by atoms with Crippen LogP contribution in [-0.4, -0.2) is 133 Å². The van der Waals surface area contributed by atoms with Crippen LogP contribution in [0.4, 0.5) is 13.2 Å². The van der Waals surface area contributed by atoms with E-state index in [1.165, 1.54) is 25.7 Å². The first kappa shape index (κ1) is 54.9. The first-order valence-electron chi connectivity index (χ1n) is 24.6. The lowest BCUT2D eigenvalue weighted by Crippen LogP contribution is -2.58. The van der Waals surface area contributed by atoms with Crippen LogP contribution in [0, 0.1) is 24.0 Å². The van der Waals surface area contributed by atoms with Gasteiger partial charge < -0.3 is 44.2 Å². The zero-order chi connectivity index (χ0) is 52.6. The average molecular weight is 1030 g/mol.